The van der Waals surface area contributed by atoms with Gasteiger partial charge in [-0.15, -0.1) is 0 Å². The molecule has 104 valence electrons. The first-order valence-corrected chi connectivity index (χ1v) is 7.14. The Morgan fingerprint density at radius 2 is 1.80 bits per heavy atom. The van der Waals surface area contributed by atoms with Crippen LogP contribution >= 0.6 is 0 Å². The Morgan fingerprint density at radius 3 is 2.50 bits per heavy atom. The van der Waals surface area contributed by atoms with Crippen LogP contribution in [-0.4, -0.2) is 29.1 Å². The van der Waals surface area contributed by atoms with Gasteiger partial charge in [0, 0.05) is 24.2 Å². The van der Waals surface area contributed by atoms with Gasteiger partial charge in [0.05, 0.1) is 5.52 Å². The molecule has 20 heavy (non-hydrogen) atoms. The van der Waals surface area contributed by atoms with E-state index < -0.39 is 5.97 Å². The highest BCUT2D eigenvalue weighted by Gasteiger charge is 2.16. The molecule has 4 nitrogen and oxygen atoms in total. The number of anilines is 1. The highest BCUT2D eigenvalue weighted by molar-refractivity contribution is 5.97. The van der Waals surface area contributed by atoms with Crippen molar-refractivity contribution in [3.05, 3.63) is 36.0 Å². The van der Waals surface area contributed by atoms with Crippen LogP contribution in [0.5, 0.6) is 0 Å². The topological polar surface area (TPSA) is 53.4 Å². The highest BCUT2D eigenvalue weighted by Crippen LogP contribution is 2.28. The second-order valence-corrected chi connectivity index (χ2v) is 5.25. The van der Waals surface area contributed by atoms with Gasteiger partial charge < -0.3 is 10.0 Å². The van der Waals surface area contributed by atoms with Crippen LogP contribution in [0, 0.1) is 0 Å². The van der Waals surface area contributed by atoms with Gasteiger partial charge in [0.1, 0.15) is 0 Å². The summed E-state index contributed by atoms with van der Waals surface area (Å²) in [4.78, 5) is 17.8. The van der Waals surface area contributed by atoms with Crippen molar-refractivity contribution in [2.45, 2.75) is 25.7 Å². The van der Waals surface area contributed by atoms with Gasteiger partial charge in [-0.05, 0) is 25.0 Å². The third-order valence-electron chi connectivity index (χ3n) is 3.86. The van der Waals surface area contributed by atoms with E-state index in [1.807, 2.05) is 24.3 Å². The molecule has 0 saturated carbocycles. The molecule has 1 fully saturated rings. The van der Waals surface area contributed by atoms with Crippen LogP contribution in [-0.2, 0) is 0 Å². The molecule has 1 aliphatic heterocycles. The molecular formula is C16H18N2O2. The Labute approximate surface area is 118 Å². The summed E-state index contributed by atoms with van der Waals surface area (Å²) in [6.07, 6.45) is 4.84. The minimum atomic E-state index is -0.966. The standard InChI is InChI=1S/C16H18N2O2/c19-16(20)14-11-15(18-9-5-1-2-6-10-18)12-7-3-4-8-13(12)17-14/h3-4,7-8,11H,1-2,5-6,9-10H2,(H,19,20). The lowest BCUT2D eigenvalue weighted by atomic mass is 10.1. The zero-order chi connectivity index (χ0) is 13.9. The van der Waals surface area contributed by atoms with Gasteiger partial charge >= 0.3 is 5.97 Å². The molecule has 2 aromatic rings. The van der Waals surface area contributed by atoms with Gasteiger partial charge in [-0.1, -0.05) is 31.0 Å². The van der Waals surface area contributed by atoms with E-state index in [2.05, 4.69) is 9.88 Å². The van der Waals surface area contributed by atoms with Gasteiger partial charge in [-0.3, -0.25) is 0 Å². The second-order valence-electron chi connectivity index (χ2n) is 5.25. The quantitative estimate of drug-likeness (QED) is 0.909. The molecule has 0 amide bonds. The molecule has 0 spiro atoms. The first-order valence-electron chi connectivity index (χ1n) is 7.14. The van der Waals surface area contributed by atoms with Gasteiger partial charge in [0.2, 0.25) is 0 Å². The van der Waals surface area contributed by atoms with E-state index >= 15 is 0 Å². The zero-order valence-corrected chi connectivity index (χ0v) is 11.4. The number of hydrogen-bond acceptors (Lipinski definition) is 3. The lowest BCUT2D eigenvalue weighted by molar-refractivity contribution is 0.0691. The number of carbonyl (C=O) groups is 1. The molecule has 0 atom stereocenters. The zero-order valence-electron chi connectivity index (χ0n) is 11.4. The van der Waals surface area contributed by atoms with E-state index in [0.717, 1.165) is 29.7 Å². The van der Waals surface area contributed by atoms with Gasteiger partial charge in [0.25, 0.3) is 0 Å². The molecule has 1 aromatic carbocycles. The van der Waals surface area contributed by atoms with Crippen LogP contribution in [0.2, 0.25) is 0 Å². The van der Waals surface area contributed by atoms with E-state index in [0.29, 0.717) is 0 Å². The minimum absolute atomic E-state index is 0.128. The molecule has 1 aliphatic rings. The Kier molecular flexibility index (Phi) is 3.54. The summed E-state index contributed by atoms with van der Waals surface area (Å²) >= 11 is 0. The predicted molar refractivity (Wildman–Crippen MR) is 79.4 cm³/mol. The summed E-state index contributed by atoms with van der Waals surface area (Å²) in [6, 6.07) is 9.49. The number of fused-ring (bicyclic) bond motifs is 1. The van der Waals surface area contributed by atoms with E-state index in [-0.39, 0.29) is 5.69 Å². The summed E-state index contributed by atoms with van der Waals surface area (Å²) in [5, 5.41) is 10.3. The Balaban J connectivity index is 2.13. The van der Waals surface area contributed by atoms with E-state index in [1.54, 1.807) is 6.07 Å². The van der Waals surface area contributed by atoms with Crippen LogP contribution < -0.4 is 4.90 Å². The number of hydrogen-bond donors (Lipinski definition) is 1. The molecule has 3 rings (SSSR count). The summed E-state index contributed by atoms with van der Waals surface area (Å²) in [7, 11) is 0. The second kappa shape index (κ2) is 5.49. The number of aromatic carboxylic acids is 1. The van der Waals surface area contributed by atoms with Crippen LogP contribution in [0.25, 0.3) is 10.9 Å². The van der Waals surface area contributed by atoms with Crippen molar-refractivity contribution < 1.29 is 9.90 Å². The molecule has 1 N–H and O–H groups in total. The SMILES string of the molecule is O=C(O)c1cc(N2CCCCCC2)c2ccccc2n1. The fourth-order valence-corrected chi connectivity index (χ4v) is 2.84. The number of carboxylic acids is 1. The maximum atomic E-state index is 11.3. The number of carboxylic acid groups (broad SMARTS) is 1. The Hall–Kier alpha value is -2.10. The normalized spacial score (nSPS) is 16.1. The highest BCUT2D eigenvalue weighted by atomic mass is 16.4. The molecule has 2 heterocycles. The molecule has 0 aliphatic carbocycles. The number of benzene rings is 1. The van der Waals surface area contributed by atoms with Crippen LogP contribution in [0.15, 0.2) is 30.3 Å². The summed E-state index contributed by atoms with van der Waals surface area (Å²) in [5.74, 6) is -0.966. The third-order valence-corrected chi connectivity index (χ3v) is 3.86. The molecule has 0 unspecified atom stereocenters. The molecular weight excluding hydrogens is 252 g/mol. The van der Waals surface area contributed by atoms with Gasteiger partial charge in [-0.25, -0.2) is 9.78 Å². The summed E-state index contributed by atoms with van der Waals surface area (Å²) in [6.45, 7) is 1.99. The van der Waals surface area contributed by atoms with Crippen molar-refractivity contribution in [2.75, 3.05) is 18.0 Å². The maximum absolute atomic E-state index is 11.3. The fraction of sp³-hybridized carbons (Fsp3) is 0.375. The van der Waals surface area contributed by atoms with Gasteiger partial charge in [-0.2, -0.15) is 0 Å². The van der Waals surface area contributed by atoms with Crippen LogP contribution in [0.4, 0.5) is 5.69 Å². The minimum Gasteiger partial charge on any atom is -0.477 e. The Bertz CT molecular complexity index is 631. The number of nitrogens with zero attached hydrogens (tertiary/aromatic N) is 2. The number of pyridine rings is 1. The van der Waals surface area contributed by atoms with E-state index in [9.17, 15) is 9.90 Å². The van der Waals surface area contributed by atoms with E-state index in [4.69, 9.17) is 0 Å². The van der Waals surface area contributed by atoms with Crippen molar-refractivity contribution in [3.63, 3.8) is 0 Å². The molecule has 0 bridgehead atoms. The van der Waals surface area contributed by atoms with Crippen molar-refractivity contribution in [2.24, 2.45) is 0 Å². The number of aromatic nitrogens is 1. The van der Waals surface area contributed by atoms with Crippen molar-refractivity contribution in [3.8, 4) is 0 Å². The molecule has 0 radical (unpaired) electrons. The monoisotopic (exact) mass is 270 g/mol. The van der Waals surface area contributed by atoms with Gasteiger partial charge in [0.15, 0.2) is 5.69 Å². The third kappa shape index (κ3) is 2.46. The molecule has 4 heteroatoms. The average Bonchev–Trinajstić information content (AvgIpc) is 2.75. The van der Waals surface area contributed by atoms with Crippen molar-refractivity contribution in [1.82, 2.24) is 4.98 Å². The van der Waals surface area contributed by atoms with Crippen molar-refractivity contribution >= 4 is 22.6 Å². The Morgan fingerprint density at radius 1 is 1.10 bits per heavy atom. The lowest BCUT2D eigenvalue weighted by Crippen LogP contribution is -2.24. The van der Waals surface area contributed by atoms with Crippen molar-refractivity contribution in [1.29, 1.82) is 0 Å². The maximum Gasteiger partial charge on any atom is 0.354 e. The number of rotatable bonds is 2. The average molecular weight is 270 g/mol. The molecule has 1 aromatic heterocycles. The summed E-state index contributed by atoms with van der Waals surface area (Å²) < 4.78 is 0. The molecule has 1 saturated heterocycles. The summed E-state index contributed by atoms with van der Waals surface area (Å²) in [5.41, 5.74) is 1.89. The smallest absolute Gasteiger partial charge is 0.354 e. The first-order chi connectivity index (χ1) is 9.75. The largest absolute Gasteiger partial charge is 0.477 e. The van der Waals surface area contributed by atoms with Crippen LogP contribution in [0.1, 0.15) is 36.2 Å². The lowest BCUT2D eigenvalue weighted by Gasteiger charge is -2.24. The first kappa shape index (κ1) is 12.9. The number of para-hydroxylation sites is 1. The fourth-order valence-electron chi connectivity index (χ4n) is 2.84. The predicted octanol–water partition coefficient (Wildman–Crippen LogP) is 3.31. The van der Waals surface area contributed by atoms with Crippen LogP contribution in [0.3, 0.4) is 0 Å². The van der Waals surface area contributed by atoms with E-state index in [1.165, 1.54) is 25.7 Å².